The molecule has 1 aromatic rings. The molecule has 0 saturated carbocycles. The second-order valence-corrected chi connectivity index (χ2v) is 5.22. The van der Waals surface area contributed by atoms with E-state index < -0.39 is 5.54 Å². The first-order valence-corrected chi connectivity index (χ1v) is 5.99. The minimum absolute atomic E-state index is 0. The highest BCUT2D eigenvalue weighted by atomic mass is 35.5. The van der Waals surface area contributed by atoms with Gasteiger partial charge in [-0.05, 0) is 32.0 Å². The summed E-state index contributed by atoms with van der Waals surface area (Å²) in [6.07, 6.45) is 0. The molecule has 6 nitrogen and oxygen atoms in total. The van der Waals surface area contributed by atoms with Crippen LogP contribution in [0.3, 0.4) is 0 Å². The van der Waals surface area contributed by atoms with Crippen molar-refractivity contribution in [3.05, 3.63) is 23.8 Å². The molecule has 0 atom stereocenters. The van der Waals surface area contributed by atoms with E-state index in [2.05, 4.69) is 10.6 Å². The molecule has 1 heterocycles. The molecule has 7 heteroatoms. The minimum atomic E-state index is -0.471. The van der Waals surface area contributed by atoms with Crippen LogP contribution in [0.1, 0.15) is 24.2 Å². The number of ether oxygens (including phenoxy) is 1. The van der Waals surface area contributed by atoms with Crippen molar-refractivity contribution in [2.24, 2.45) is 5.73 Å². The van der Waals surface area contributed by atoms with Crippen LogP contribution >= 0.6 is 12.4 Å². The molecule has 20 heavy (non-hydrogen) atoms. The second kappa shape index (κ2) is 6.11. The third-order valence-electron chi connectivity index (χ3n) is 2.58. The van der Waals surface area contributed by atoms with Gasteiger partial charge in [-0.3, -0.25) is 9.59 Å². The summed E-state index contributed by atoms with van der Waals surface area (Å²) in [6, 6.07) is 4.90. The predicted molar refractivity (Wildman–Crippen MR) is 78.4 cm³/mol. The topological polar surface area (TPSA) is 93.5 Å². The van der Waals surface area contributed by atoms with Gasteiger partial charge in [-0.2, -0.15) is 0 Å². The SMILES string of the molecule is CC(C)(N)CNC(=O)c1ccc2c(c1)NC(=O)CO2.Cl. The Morgan fingerprint density at radius 1 is 1.50 bits per heavy atom. The average molecular weight is 300 g/mol. The highest BCUT2D eigenvalue weighted by molar-refractivity contribution is 5.99. The predicted octanol–water partition coefficient (Wildman–Crippen LogP) is 0.906. The number of halogens is 1. The summed E-state index contributed by atoms with van der Waals surface area (Å²) in [7, 11) is 0. The number of carbonyl (C=O) groups excluding carboxylic acids is 2. The number of nitrogens with one attached hydrogen (secondary N) is 2. The molecule has 1 aromatic carbocycles. The summed E-state index contributed by atoms with van der Waals surface area (Å²) in [4.78, 5) is 23.1. The summed E-state index contributed by atoms with van der Waals surface area (Å²) < 4.78 is 5.22. The molecular formula is C13H18ClN3O3. The Morgan fingerprint density at radius 3 is 2.85 bits per heavy atom. The molecule has 0 spiro atoms. The number of anilines is 1. The summed E-state index contributed by atoms with van der Waals surface area (Å²) in [5, 5.41) is 5.40. The Labute approximate surface area is 123 Å². The highest BCUT2D eigenvalue weighted by Crippen LogP contribution is 2.28. The van der Waals surface area contributed by atoms with Crippen molar-refractivity contribution in [1.29, 1.82) is 0 Å². The lowest BCUT2D eigenvalue weighted by atomic mass is 10.1. The van der Waals surface area contributed by atoms with E-state index in [0.717, 1.165) is 0 Å². The Morgan fingerprint density at radius 2 is 2.20 bits per heavy atom. The van der Waals surface area contributed by atoms with Gasteiger partial charge < -0.3 is 21.1 Å². The molecule has 0 unspecified atom stereocenters. The summed E-state index contributed by atoms with van der Waals surface area (Å²) in [5.74, 6) is 0.101. The zero-order chi connectivity index (χ0) is 14.0. The first-order valence-electron chi connectivity index (χ1n) is 5.99. The van der Waals surface area contributed by atoms with E-state index in [0.29, 0.717) is 23.5 Å². The van der Waals surface area contributed by atoms with Gasteiger partial charge in [0, 0.05) is 17.6 Å². The molecule has 0 aromatic heterocycles. The number of amides is 2. The largest absolute Gasteiger partial charge is 0.482 e. The maximum absolute atomic E-state index is 11.9. The van der Waals surface area contributed by atoms with Crippen molar-refractivity contribution in [3.63, 3.8) is 0 Å². The standard InChI is InChI=1S/C13H17N3O3.ClH/c1-13(2,14)7-15-12(18)8-3-4-10-9(5-8)16-11(17)6-19-10;/h3-5H,6-7,14H2,1-2H3,(H,15,18)(H,16,17);1H. The van der Waals surface area contributed by atoms with Crippen molar-refractivity contribution >= 4 is 29.9 Å². The van der Waals surface area contributed by atoms with Crippen molar-refractivity contribution in [1.82, 2.24) is 5.32 Å². The molecular weight excluding hydrogens is 282 g/mol. The van der Waals surface area contributed by atoms with Gasteiger partial charge in [0.05, 0.1) is 5.69 Å². The van der Waals surface area contributed by atoms with Crippen LogP contribution in [0.25, 0.3) is 0 Å². The van der Waals surface area contributed by atoms with E-state index in [1.165, 1.54) is 0 Å². The Balaban J connectivity index is 0.00000200. The fraction of sp³-hybridized carbons (Fsp3) is 0.385. The minimum Gasteiger partial charge on any atom is -0.482 e. The van der Waals surface area contributed by atoms with Crippen LogP contribution in [-0.4, -0.2) is 30.5 Å². The van der Waals surface area contributed by atoms with Crippen molar-refractivity contribution in [3.8, 4) is 5.75 Å². The van der Waals surface area contributed by atoms with E-state index in [4.69, 9.17) is 10.5 Å². The van der Waals surface area contributed by atoms with Crippen molar-refractivity contribution < 1.29 is 14.3 Å². The Bertz CT molecular complexity index is 526. The Kier molecular flexibility index (Phi) is 4.97. The zero-order valence-electron chi connectivity index (χ0n) is 11.4. The third-order valence-corrected chi connectivity index (χ3v) is 2.58. The van der Waals surface area contributed by atoms with Gasteiger partial charge in [-0.25, -0.2) is 0 Å². The molecule has 0 bridgehead atoms. The van der Waals surface area contributed by atoms with E-state index in [9.17, 15) is 9.59 Å². The lowest BCUT2D eigenvalue weighted by molar-refractivity contribution is -0.118. The number of hydrogen-bond acceptors (Lipinski definition) is 4. The number of rotatable bonds is 3. The van der Waals surface area contributed by atoms with Crippen molar-refractivity contribution in [2.75, 3.05) is 18.5 Å². The molecule has 0 aliphatic carbocycles. The van der Waals surface area contributed by atoms with Gasteiger partial charge in [0.15, 0.2) is 6.61 Å². The monoisotopic (exact) mass is 299 g/mol. The fourth-order valence-corrected chi connectivity index (χ4v) is 1.63. The second-order valence-electron chi connectivity index (χ2n) is 5.22. The molecule has 1 aliphatic heterocycles. The number of fused-ring (bicyclic) bond motifs is 1. The smallest absolute Gasteiger partial charge is 0.262 e. The lowest BCUT2D eigenvalue weighted by Crippen LogP contribution is -2.45. The molecule has 4 N–H and O–H groups in total. The van der Waals surface area contributed by atoms with Crippen LogP contribution in [0.5, 0.6) is 5.75 Å². The lowest BCUT2D eigenvalue weighted by Gasteiger charge is -2.20. The van der Waals surface area contributed by atoms with Crippen LogP contribution in [0, 0.1) is 0 Å². The van der Waals surface area contributed by atoms with E-state index >= 15 is 0 Å². The summed E-state index contributed by atoms with van der Waals surface area (Å²) in [6.45, 7) is 4.02. The third kappa shape index (κ3) is 4.11. The van der Waals surface area contributed by atoms with Gasteiger partial charge in [0.1, 0.15) is 5.75 Å². The van der Waals surface area contributed by atoms with Crippen molar-refractivity contribution in [2.45, 2.75) is 19.4 Å². The molecule has 1 aliphatic rings. The van der Waals surface area contributed by atoms with Gasteiger partial charge >= 0.3 is 0 Å². The molecule has 110 valence electrons. The maximum Gasteiger partial charge on any atom is 0.262 e. The number of carbonyl (C=O) groups is 2. The van der Waals surface area contributed by atoms with Crippen LogP contribution in [0.15, 0.2) is 18.2 Å². The molecule has 0 saturated heterocycles. The van der Waals surface area contributed by atoms with Gasteiger partial charge in [-0.1, -0.05) is 0 Å². The van der Waals surface area contributed by atoms with Gasteiger partial charge in [0.2, 0.25) is 0 Å². The number of hydrogen-bond donors (Lipinski definition) is 3. The zero-order valence-corrected chi connectivity index (χ0v) is 12.2. The highest BCUT2D eigenvalue weighted by Gasteiger charge is 2.18. The normalized spacial score (nSPS) is 13.4. The van der Waals surface area contributed by atoms with Crippen LogP contribution in [0.4, 0.5) is 5.69 Å². The van der Waals surface area contributed by atoms with Gasteiger partial charge in [-0.15, -0.1) is 12.4 Å². The first kappa shape index (κ1) is 16.3. The van der Waals surface area contributed by atoms with Crippen LogP contribution in [-0.2, 0) is 4.79 Å². The molecule has 0 fully saturated rings. The van der Waals surface area contributed by atoms with E-state index in [-0.39, 0.29) is 30.8 Å². The van der Waals surface area contributed by atoms with Gasteiger partial charge in [0.25, 0.3) is 11.8 Å². The van der Waals surface area contributed by atoms with Crippen LogP contribution < -0.4 is 21.1 Å². The summed E-state index contributed by atoms with van der Waals surface area (Å²) in [5.41, 5.74) is 6.29. The quantitative estimate of drug-likeness (QED) is 0.773. The van der Waals surface area contributed by atoms with E-state index in [1.807, 2.05) is 13.8 Å². The number of benzene rings is 1. The van der Waals surface area contributed by atoms with E-state index in [1.54, 1.807) is 18.2 Å². The summed E-state index contributed by atoms with van der Waals surface area (Å²) >= 11 is 0. The Hall–Kier alpha value is -1.79. The van der Waals surface area contributed by atoms with Crippen LogP contribution in [0.2, 0.25) is 0 Å². The fourth-order valence-electron chi connectivity index (χ4n) is 1.63. The first-order chi connectivity index (χ1) is 8.85. The molecule has 0 radical (unpaired) electrons. The molecule has 2 rings (SSSR count). The number of nitrogens with two attached hydrogens (primary N) is 1. The average Bonchev–Trinajstić information content (AvgIpc) is 2.34. The molecule has 2 amide bonds. The maximum atomic E-state index is 11.9.